The average Bonchev–Trinajstić information content (AvgIpc) is 3.51. The van der Waals surface area contributed by atoms with E-state index in [1.54, 1.807) is 26.8 Å². The molecule has 8 aliphatic rings. The van der Waals surface area contributed by atoms with Gasteiger partial charge >= 0.3 is 0 Å². The molecule has 6 N–H and O–H groups in total. The summed E-state index contributed by atoms with van der Waals surface area (Å²) in [6.07, 6.45) is 7.46. The first-order valence-corrected chi connectivity index (χ1v) is 19.9. The first kappa shape index (κ1) is 40.5. The summed E-state index contributed by atoms with van der Waals surface area (Å²) in [7, 11) is 0. The summed E-state index contributed by atoms with van der Waals surface area (Å²) in [5.41, 5.74) is -8.70. The van der Waals surface area contributed by atoms with E-state index in [9.17, 15) is 49.8 Å². The third kappa shape index (κ3) is 4.97. The number of rotatable bonds is 4. The Balaban J connectivity index is 0.000000169. The highest BCUT2D eigenvalue weighted by atomic mass is 19.1. The lowest BCUT2D eigenvalue weighted by Crippen LogP contribution is -2.69. The molecule has 0 amide bonds. The molecule has 0 heterocycles. The largest absolute Gasteiger partial charge is 0.390 e. The summed E-state index contributed by atoms with van der Waals surface area (Å²) in [4.78, 5) is 48.5. The molecule has 0 aromatic carbocycles. The van der Waals surface area contributed by atoms with Gasteiger partial charge in [-0.3, -0.25) is 19.2 Å². The van der Waals surface area contributed by atoms with Crippen LogP contribution in [0.4, 0.5) is 8.78 Å². The number of aliphatic hydroxyl groups excluding tert-OH is 5. The molecule has 1 unspecified atom stereocenters. The number of Topliss-reactive ketones (excluding diaryl/α,β-unsaturated/α-hetero) is 2. The summed E-state index contributed by atoms with van der Waals surface area (Å²) in [5.74, 6) is -3.38. The number of ketones is 4. The molecule has 0 aromatic rings. The Morgan fingerprint density at radius 2 is 1.22 bits per heavy atom. The first-order chi connectivity index (χ1) is 25.6. The summed E-state index contributed by atoms with van der Waals surface area (Å²) >= 11 is 0. The number of carbonyl (C=O) groups excluding carboxylic acids is 4. The number of alkyl halides is 2. The molecule has 12 heteroatoms. The van der Waals surface area contributed by atoms with E-state index in [0.29, 0.717) is 31.3 Å². The van der Waals surface area contributed by atoms with Crippen LogP contribution in [0.2, 0.25) is 0 Å². The van der Waals surface area contributed by atoms with Crippen molar-refractivity contribution in [3.8, 4) is 0 Å². The van der Waals surface area contributed by atoms with Crippen LogP contribution in [0.3, 0.4) is 0 Å². The summed E-state index contributed by atoms with van der Waals surface area (Å²) < 4.78 is 33.6. The van der Waals surface area contributed by atoms with Crippen LogP contribution in [0.25, 0.3) is 0 Å². The van der Waals surface area contributed by atoms with Crippen LogP contribution in [-0.2, 0) is 19.2 Å². The Labute approximate surface area is 320 Å². The molecule has 8 rings (SSSR count). The molecule has 0 aromatic heterocycles. The van der Waals surface area contributed by atoms with E-state index >= 15 is 8.78 Å². The van der Waals surface area contributed by atoms with Crippen LogP contribution in [0.5, 0.6) is 0 Å². The van der Waals surface area contributed by atoms with E-state index < -0.39 is 87.7 Å². The van der Waals surface area contributed by atoms with E-state index in [2.05, 4.69) is 0 Å². The number of hydrogen-bond acceptors (Lipinski definition) is 10. The second-order valence-corrected chi connectivity index (χ2v) is 19.0. The van der Waals surface area contributed by atoms with Gasteiger partial charge in [0, 0.05) is 34.0 Å². The van der Waals surface area contributed by atoms with Crippen molar-refractivity contribution in [1.29, 1.82) is 0 Å². The van der Waals surface area contributed by atoms with Gasteiger partial charge in [0.2, 0.25) is 0 Å². The van der Waals surface area contributed by atoms with Crippen molar-refractivity contribution in [3.63, 3.8) is 0 Å². The normalized spacial score (nSPS) is 51.9. The molecule has 10 nitrogen and oxygen atoms in total. The lowest BCUT2D eigenvalue weighted by molar-refractivity contribution is -0.222. The van der Waals surface area contributed by atoms with Crippen molar-refractivity contribution in [1.82, 2.24) is 0 Å². The van der Waals surface area contributed by atoms with Gasteiger partial charge in [0.05, 0.1) is 18.3 Å². The van der Waals surface area contributed by atoms with E-state index in [1.165, 1.54) is 30.4 Å². The highest BCUT2D eigenvalue weighted by Gasteiger charge is 2.76. The predicted molar refractivity (Wildman–Crippen MR) is 195 cm³/mol. The van der Waals surface area contributed by atoms with Crippen LogP contribution >= 0.6 is 0 Å². The fraction of sp³-hybridized carbons (Fsp3) is 0.721. The van der Waals surface area contributed by atoms with Crippen LogP contribution in [0.1, 0.15) is 86.0 Å². The van der Waals surface area contributed by atoms with Crippen LogP contribution in [0.15, 0.2) is 47.6 Å². The maximum Gasteiger partial charge on any atom is 0.192 e. The second kappa shape index (κ2) is 12.9. The molecule has 0 bridgehead atoms. The van der Waals surface area contributed by atoms with Crippen molar-refractivity contribution in [2.75, 3.05) is 13.2 Å². The van der Waals surface area contributed by atoms with Gasteiger partial charge < -0.3 is 30.6 Å². The van der Waals surface area contributed by atoms with Gasteiger partial charge in [-0.1, -0.05) is 44.1 Å². The van der Waals surface area contributed by atoms with E-state index in [4.69, 9.17) is 0 Å². The first-order valence-electron chi connectivity index (χ1n) is 19.9. The van der Waals surface area contributed by atoms with Gasteiger partial charge in [-0.15, -0.1) is 0 Å². The fourth-order valence-electron chi connectivity index (χ4n) is 14.2. The standard InChI is InChI=1S/C22H29FO4.C21H27FO6/c1-12-8-16-15-5-4-13-9-14(25)6-7-21(13,3)22(15,23)18(27)10-20(16,2)19(12)17(26)11-24;1-18-6-5-12(24)7-11(18)3-4-13-14-8-15(25)21(28,17(27)10-23)19(14,2)9-16(26)20(13,18)22/h6-7,9,12,15-16,18-19,24,27H,4-5,8,10-11H2,1-3H3;5-7,13-16,23,25-26,28H,3-4,8-10H2,1-2H3/t12-,15+,16+,18?,19-,20+,21+,22+;13-,14-,15+,16-,18-,19-,20-,21-/m10/s1. The van der Waals surface area contributed by atoms with Gasteiger partial charge in [-0.2, -0.15) is 0 Å². The van der Waals surface area contributed by atoms with Gasteiger partial charge in [0.15, 0.2) is 40.1 Å². The zero-order valence-corrected chi connectivity index (χ0v) is 32.3. The van der Waals surface area contributed by atoms with Gasteiger partial charge in [0.25, 0.3) is 0 Å². The average molecular weight is 771 g/mol. The van der Waals surface area contributed by atoms with E-state index in [1.807, 2.05) is 13.8 Å². The molecule has 0 spiro atoms. The zero-order chi connectivity index (χ0) is 40.5. The lowest BCUT2D eigenvalue weighted by atomic mass is 9.44. The van der Waals surface area contributed by atoms with E-state index in [-0.39, 0.29) is 60.3 Å². The minimum atomic E-state index is -2.23. The van der Waals surface area contributed by atoms with Gasteiger partial charge in [0.1, 0.15) is 13.2 Å². The Hall–Kier alpha value is -2.74. The SMILES string of the molecule is C[C@@H]1C[C@H]2[C@@H]3CCC4=CC(=O)C=C[C@]4(C)[C@@]3(F)C(O)C[C@]2(C)[C@H]1C(=O)CO.C[C@]12C=CC(=O)C=C1CC[C@H]1[C@@H]3C[C@@H](O)[C@](O)(C(=O)CO)[C@@]3(C)C[C@H](O)[C@@]12F. The third-order valence-corrected chi connectivity index (χ3v) is 16.9. The molecule has 0 saturated heterocycles. The summed E-state index contributed by atoms with van der Waals surface area (Å²) in [6.45, 7) is 7.63. The lowest BCUT2D eigenvalue weighted by Gasteiger charge is -2.62. The summed E-state index contributed by atoms with van der Waals surface area (Å²) in [5, 5.41) is 62.7. The third-order valence-electron chi connectivity index (χ3n) is 16.9. The molecule has 55 heavy (non-hydrogen) atoms. The second-order valence-electron chi connectivity index (χ2n) is 19.0. The number of halogens is 2. The van der Waals surface area contributed by atoms with Crippen molar-refractivity contribution < 1.29 is 58.6 Å². The maximum atomic E-state index is 16.8. The summed E-state index contributed by atoms with van der Waals surface area (Å²) in [6, 6.07) is 0. The molecule has 302 valence electrons. The Morgan fingerprint density at radius 3 is 1.71 bits per heavy atom. The Kier molecular flexibility index (Phi) is 9.48. The molecular formula is C43H56F2O10. The molecular weight excluding hydrogens is 714 g/mol. The number of hydrogen-bond donors (Lipinski definition) is 6. The molecule has 6 fully saturated rings. The molecule has 0 aliphatic heterocycles. The highest BCUT2D eigenvalue weighted by molar-refractivity contribution is 6.02. The smallest absolute Gasteiger partial charge is 0.192 e. The van der Waals surface area contributed by atoms with Crippen molar-refractivity contribution >= 4 is 23.1 Å². The molecule has 16 atom stereocenters. The maximum absolute atomic E-state index is 16.8. The number of allylic oxidation sites excluding steroid dienone is 8. The number of carbonyl (C=O) groups is 4. The Morgan fingerprint density at radius 1 is 0.727 bits per heavy atom. The van der Waals surface area contributed by atoms with Crippen LogP contribution < -0.4 is 0 Å². The predicted octanol–water partition coefficient (Wildman–Crippen LogP) is 3.40. The van der Waals surface area contributed by atoms with E-state index in [0.717, 1.165) is 12.0 Å². The zero-order valence-electron chi connectivity index (χ0n) is 32.3. The minimum absolute atomic E-state index is 0.0135. The Bertz CT molecular complexity index is 1820. The van der Waals surface area contributed by atoms with Crippen molar-refractivity contribution in [2.45, 2.75) is 121 Å². The number of fused-ring (bicyclic) bond motifs is 10. The highest BCUT2D eigenvalue weighted by Crippen LogP contribution is 2.71. The van der Waals surface area contributed by atoms with Crippen LogP contribution in [0, 0.1) is 57.2 Å². The quantitative estimate of drug-likeness (QED) is 0.247. The molecule has 0 radical (unpaired) electrons. The van der Waals surface area contributed by atoms with Crippen molar-refractivity contribution in [2.24, 2.45) is 57.2 Å². The fourth-order valence-corrected chi connectivity index (χ4v) is 14.2. The number of aliphatic hydroxyl groups is 6. The topological polar surface area (TPSA) is 190 Å². The monoisotopic (exact) mass is 770 g/mol. The molecule has 6 saturated carbocycles. The van der Waals surface area contributed by atoms with Crippen LogP contribution in [-0.4, -0.2) is 102 Å². The van der Waals surface area contributed by atoms with Gasteiger partial charge in [-0.05, 0) is 113 Å². The minimum Gasteiger partial charge on any atom is -0.390 e. The molecule has 8 aliphatic carbocycles. The van der Waals surface area contributed by atoms with Crippen molar-refractivity contribution in [3.05, 3.63) is 47.6 Å². The van der Waals surface area contributed by atoms with Gasteiger partial charge in [-0.25, -0.2) is 8.78 Å².